The smallest absolute Gasteiger partial charge is 0.136 e. The standard InChI is InChI=1S/C8H14O2/c1-2-6-5-7(9)3-4-8(6)10/h6-7,9H,2-5H2,1H3. The molecule has 0 radical (unpaired) electrons. The van der Waals surface area contributed by atoms with E-state index in [1.165, 1.54) is 0 Å². The fourth-order valence-electron chi connectivity index (χ4n) is 1.49. The van der Waals surface area contributed by atoms with Gasteiger partial charge < -0.3 is 5.11 Å². The molecule has 0 spiro atoms. The van der Waals surface area contributed by atoms with Crippen molar-refractivity contribution in [2.24, 2.45) is 5.92 Å². The van der Waals surface area contributed by atoms with Gasteiger partial charge in [-0.05, 0) is 19.3 Å². The molecule has 1 rings (SSSR count). The van der Waals surface area contributed by atoms with Crippen molar-refractivity contribution in [1.82, 2.24) is 0 Å². The lowest BCUT2D eigenvalue weighted by Gasteiger charge is -2.23. The molecule has 1 aliphatic rings. The first-order valence-corrected chi connectivity index (χ1v) is 3.94. The summed E-state index contributed by atoms with van der Waals surface area (Å²) < 4.78 is 0. The molecule has 1 fully saturated rings. The summed E-state index contributed by atoms with van der Waals surface area (Å²) in [6.45, 7) is 2.00. The summed E-state index contributed by atoms with van der Waals surface area (Å²) in [5, 5.41) is 9.18. The van der Waals surface area contributed by atoms with Gasteiger partial charge in [0.05, 0.1) is 6.10 Å². The molecule has 58 valence electrons. The van der Waals surface area contributed by atoms with Crippen LogP contribution in [-0.2, 0) is 4.79 Å². The van der Waals surface area contributed by atoms with Crippen LogP contribution in [-0.4, -0.2) is 17.0 Å². The van der Waals surface area contributed by atoms with Crippen LogP contribution in [0.15, 0.2) is 0 Å². The van der Waals surface area contributed by atoms with Crippen molar-refractivity contribution in [3.05, 3.63) is 0 Å². The van der Waals surface area contributed by atoms with E-state index in [9.17, 15) is 9.90 Å². The van der Waals surface area contributed by atoms with E-state index in [4.69, 9.17) is 0 Å². The third-order valence-corrected chi connectivity index (χ3v) is 2.23. The molecule has 0 aromatic heterocycles. The van der Waals surface area contributed by atoms with E-state index in [-0.39, 0.29) is 12.0 Å². The van der Waals surface area contributed by atoms with Gasteiger partial charge in [-0.25, -0.2) is 0 Å². The Morgan fingerprint density at radius 2 is 2.40 bits per heavy atom. The first-order valence-electron chi connectivity index (χ1n) is 3.94. The SMILES string of the molecule is CCC1CC(O)CCC1=O. The van der Waals surface area contributed by atoms with Crippen molar-refractivity contribution < 1.29 is 9.90 Å². The zero-order valence-electron chi connectivity index (χ0n) is 6.34. The number of carbonyl (C=O) groups is 1. The zero-order valence-corrected chi connectivity index (χ0v) is 6.34. The van der Waals surface area contributed by atoms with Crippen molar-refractivity contribution in [1.29, 1.82) is 0 Å². The highest BCUT2D eigenvalue weighted by atomic mass is 16.3. The second-order valence-electron chi connectivity index (χ2n) is 3.00. The number of Topliss-reactive ketones (excluding diaryl/α,β-unsaturated/α-hetero) is 1. The lowest BCUT2D eigenvalue weighted by atomic mass is 9.84. The van der Waals surface area contributed by atoms with E-state index in [0.29, 0.717) is 25.0 Å². The van der Waals surface area contributed by atoms with E-state index < -0.39 is 0 Å². The summed E-state index contributed by atoms with van der Waals surface area (Å²) >= 11 is 0. The number of aliphatic hydroxyl groups is 1. The lowest BCUT2D eigenvalue weighted by Crippen LogP contribution is -2.27. The Hall–Kier alpha value is -0.370. The summed E-state index contributed by atoms with van der Waals surface area (Å²) in [7, 11) is 0. The van der Waals surface area contributed by atoms with E-state index in [1.54, 1.807) is 0 Å². The maximum atomic E-state index is 11.1. The predicted molar refractivity (Wildman–Crippen MR) is 38.6 cm³/mol. The Morgan fingerprint density at radius 1 is 1.70 bits per heavy atom. The van der Waals surface area contributed by atoms with Crippen LogP contribution in [0.5, 0.6) is 0 Å². The molecule has 0 aromatic carbocycles. The normalized spacial score (nSPS) is 34.4. The highest BCUT2D eigenvalue weighted by Crippen LogP contribution is 2.23. The minimum atomic E-state index is -0.220. The van der Waals surface area contributed by atoms with Gasteiger partial charge in [0.2, 0.25) is 0 Å². The number of hydrogen-bond acceptors (Lipinski definition) is 2. The first kappa shape index (κ1) is 7.73. The molecule has 1 N–H and O–H groups in total. The zero-order chi connectivity index (χ0) is 7.56. The van der Waals surface area contributed by atoms with Crippen molar-refractivity contribution >= 4 is 5.78 Å². The van der Waals surface area contributed by atoms with E-state index in [0.717, 1.165) is 6.42 Å². The van der Waals surface area contributed by atoms with Crippen LogP contribution < -0.4 is 0 Å². The van der Waals surface area contributed by atoms with E-state index in [2.05, 4.69) is 0 Å². The van der Waals surface area contributed by atoms with E-state index in [1.807, 2.05) is 6.92 Å². The van der Waals surface area contributed by atoms with Crippen LogP contribution in [0, 0.1) is 5.92 Å². The van der Waals surface area contributed by atoms with Crippen molar-refractivity contribution in [2.45, 2.75) is 38.7 Å². The van der Waals surface area contributed by atoms with Crippen molar-refractivity contribution in [3.8, 4) is 0 Å². The van der Waals surface area contributed by atoms with Gasteiger partial charge in [-0.15, -0.1) is 0 Å². The Morgan fingerprint density at radius 3 is 2.90 bits per heavy atom. The van der Waals surface area contributed by atoms with Crippen molar-refractivity contribution in [3.63, 3.8) is 0 Å². The number of ketones is 1. The molecular formula is C8H14O2. The molecule has 10 heavy (non-hydrogen) atoms. The Balaban J connectivity index is 2.45. The van der Waals surface area contributed by atoms with Gasteiger partial charge in [-0.2, -0.15) is 0 Å². The van der Waals surface area contributed by atoms with E-state index >= 15 is 0 Å². The Bertz CT molecular complexity index is 131. The van der Waals surface area contributed by atoms with Crippen LogP contribution in [0.2, 0.25) is 0 Å². The third-order valence-electron chi connectivity index (χ3n) is 2.23. The Kier molecular flexibility index (Phi) is 2.44. The van der Waals surface area contributed by atoms with Crippen LogP contribution in [0.4, 0.5) is 0 Å². The van der Waals surface area contributed by atoms with Gasteiger partial charge in [-0.1, -0.05) is 6.92 Å². The molecule has 0 amide bonds. The second-order valence-corrected chi connectivity index (χ2v) is 3.00. The average Bonchev–Trinajstić information content (AvgIpc) is 1.94. The summed E-state index contributed by atoms with van der Waals surface area (Å²) in [4.78, 5) is 11.1. The molecule has 2 atom stereocenters. The maximum Gasteiger partial charge on any atom is 0.136 e. The molecule has 0 saturated heterocycles. The molecule has 0 bridgehead atoms. The predicted octanol–water partition coefficient (Wildman–Crippen LogP) is 1.13. The highest BCUT2D eigenvalue weighted by Gasteiger charge is 2.25. The number of rotatable bonds is 1. The number of hydrogen-bond donors (Lipinski definition) is 1. The molecule has 1 saturated carbocycles. The fourth-order valence-corrected chi connectivity index (χ4v) is 1.49. The topological polar surface area (TPSA) is 37.3 Å². The van der Waals surface area contributed by atoms with Crippen molar-refractivity contribution in [2.75, 3.05) is 0 Å². The second kappa shape index (κ2) is 3.15. The van der Waals surface area contributed by atoms with Crippen LogP contribution >= 0.6 is 0 Å². The molecular weight excluding hydrogens is 128 g/mol. The summed E-state index contributed by atoms with van der Waals surface area (Å²) in [6.07, 6.45) is 2.61. The van der Waals surface area contributed by atoms with Crippen LogP contribution in [0.25, 0.3) is 0 Å². The monoisotopic (exact) mass is 142 g/mol. The largest absolute Gasteiger partial charge is 0.393 e. The Labute approximate surface area is 61.2 Å². The molecule has 0 heterocycles. The van der Waals surface area contributed by atoms with Gasteiger partial charge in [0, 0.05) is 12.3 Å². The average molecular weight is 142 g/mol. The van der Waals surface area contributed by atoms with Gasteiger partial charge >= 0.3 is 0 Å². The van der Waals surface area contributed by atoms with Gasteiger partial charge in [0.25, 0.3) is 0 Å². The molecule has 1 aliphatic carbocycles. The lowest BCUT2D eigenvalue weighted by molar-refractivity contribution is -0.127. The maximum absolute atomic E-state index is 11.1. The minimum absolute atomic E-state index is 0.142. The summed E-state index contributed by atoms with van der Waals surface area (Å²) in [5.41, 5.74) is 0. The van der Waals surface area contributed by atoms with Gasteiger partial charge in [0.1, 0.15) is 5.78 Å². The highest BCUT2D eigenvalue weighted by molar-refractivity contribution is 5.81. The number of aliphatic hydroxyl groups excluding tert-OH is 1. The molecule has 0 aromatic rings. The molecule has 2 nitrogen and oxygen atoms in total. The molecule has 2 heteroatoms. The molecule has 2 unspecified atom stereocenters. The van der Waals surface area contributed by atoms with Crippen LogP contribution in [0.1, 0.15) is 32.6 Å². The summed E-state index contributed by atoms with van der Waals surface area (Å²) in [6, 6.07) is 0. The quantitative estimate of drug-likeness (QED) is 0.595. The first-order chi connectivity index (χ1) is 4.74. The minimum Gasteiger partial charge on any atom is -0.393 e. The third kappa shape index (κ3) is 1.57. The summed E-state index contributed by atoms with van der Waals surface area (Å²) in [5.74, 6) is 0.483. The van der Waals surface area contributed by atoms with Gasteiger partial charge in [0.15, 0.2) is 0 Å². The molecule has 0 aliphatic heterocycles. The van der Waals surface area contributed by atoms with Crippen LogP contribution in [0.3, 0.4) is 0 Å². The fraction of sp³-hybridized carbons (Fsp3) is 0.875. The number of carbonyl (C=O) groups excluding carboxylic acids is 1. The van der Waals surface area contributed by atoms with Gasteiger partial charge in [-0.3, -0.25) is 4.79 Å².